The lowest BCUT2D eigenvalue weighted by atomic mass is 9.87. The molecule has 3 heteroatoms. The predicted octanol–water partition coefficient (Wildman–Crippen LogP) is 3.68. The van der Waals surface area contributed by atoms with E-state index in [4.69, 9.17) is 10.00 Å². The molecule has 0 aliphatic carbocycles. The summed E-state index contributed by atoms with van der Waals surface area (Å²) in [4.78, 5) is 0. The number of para-hydroxylation sites is 1. The van der Waals surface area contributed by atoms with Crippen molar-refractivity contribution < 1.29 is 4.74 Å². The lowest BCUT2D eigenvalue weighted by Crippen LogP contribution is -2.31. The molecular formula is C16H24N2O. The van der Waals surface area contributed by atoms with Gasteiger partial charge in [0.1, 0.15) is 5.75 Å². The molecule has 104 valence electrons. The summed E-state index contributed by atoms with van der Waals surface area (Å²) in [5.74, 6) is 0.914. The molecule has 1 aromatic carbocycles. The van der Waals surface area contributed by atoms with E-state index in [9.17, 15) is 0 Å². The maximum Gasteiger partial charge on any atom is 0.123 e. The summed E-state index contributed by atoms with van der Waals surface area (Å²) in [5.41, 5.74) is 1.30. The van der Waals surface area contributed by atoms with Crippen LogP contribution in [0.5, 0.6) is 5.75 Å². The highest BCUT2D eigenvalue weighted by atomic mass is 16.5. The minimum Gasteiger partial charge on any atom is -0.496 e. The van der Waals surface area contributed by atoms with Crippen LogP contribution in [0.25, 0.3) is 0 Å². The van der Waals surface area contributed by atoms with Gasteiger partial charge >= 0.3 is 0 Å². The van der Waals surface area contributed by atoms with Crippen molar-refractivity contribution in [2.45, 2.75) is 39.7 Å². The van der Waals surface area contributed by atoms with Crippen LogP contribution < -0.4 is 10.1 Å². The smallest absolute Gasteiger partial charge is 0.123 e. The van der Waals surface area contributed by atoms with Gasteiger partial charge in [0.2, 0.25) is 0 Å². The van der Waals surface area contributed by atoms with E-state index in [1.165, 1.54) is 5.56 Å². The van der Waals surface area contributed by atoms with Crippen LogP contribution in [0.2, 0.25) is 0 Å². The maximum absolute atomic E-state index is 8.67. The van der Waals surface area contributed by atoms with Gasteiger partial charge in [-0.05, 0) is 24.8 Å². The second-order valence-corrected chi connectivity index (χ2v) is 5.67. The Morgan fingerprint density at radius 3 is 2.68 bits per heavy atom. The third-order valence-electron chi connectivity index (χ3n) is 3.41. The highest BCUT2D eigenvalue weighted by molar-refractivity contribution is 5.35. The minimum absolute atomic E-state index is 0.131. The van der Waals surface area contributed by atoms with E-state index in [1.807, 2.05) is 18.2 Å². The Morgan fingerprint density at radius 2 is 2.05 bits per heavy atom. The minimum atomic E-state index is 0.131. The number of rotatable bonds is 7. The normalized spacial score (nSPS) is 12.8. The summed E-state index contributed by atoms with van der Waals surface area (Å²) in [5, 5.41) is 12.2. The lowest BCUT2D eigenvalue weighted by Gasteiger charge is -2.27. The molecule has 0 amide bonds. The molecule has 0 unspecified atom stereocenters. The van der Waals surface area contributed by atoms with Crippen molar-refractivity contribution in [1.82, 2.24) is 5.32 Å². The molecular weight excluding hydrogens is 236 g/mol. The molecule has 19 heavy (non-hydrogen) atoms. The fraction of sp³-hybridized carbons (Fsp3) is 0.562. The Kier molecular flexibility index (Phi) is 5.85. The Balaban J connectivity index is 2.60. The van der Waals surface area contributed by atoms with Crippen LogP contribution in [0, 0.1) is 16.7 Å². The lowest BCUT2D eigenvalue weighted by molar-refractivity contribution is 0.302. The largest absolute Gasteiger partial charge is 0.496 e. The first-order valence-corrected chi connectivity index (χ1v) is 6.73. The number of methoxy groups -OCH3 is 1. The van der Waals surface area contributed by atoms with E-state index in [0.717, 1.165) is 18.7 Å². The molecule has 0 aromatic heterocycles. The van der Waals surface area contributed by atoms with E-state index in [2.05, 4.69) is 38.2 Å². The van der Waals surface area contributed by atoms with Gasteiger partial charge in [-0.1, -0.05) is 32.0 Å². The second kappa shape index (κ2) is 7.16. The van der Waals surface area contributed by atoms with Crippen molar-refractivity contribution in [1.29, 1.82) is 5.26 Å². The zero-order valence-electron chi connectivity index (χ0n) is 12.4. The molecule has 0 radical (unpaired) electrons. The topological polar surface area (TPSA) is 45.0 Å². The molecule has 0 fully saturated rings. The predicted molar refractivity (Wildman–Crippen MR) is 78.0 cm³/mol. The van der Waals surface area contributed by atoms with Crippen LogP contribution in [0.1, 0.15) is 45.2 Å². The van der Waals surface area contributed by atoms with Gasteiger partial charge < -0.3 is 10.1 Å². The fourth-order valence-corrected chi connectivity index (χ4v) is 2.05. The molecule has 1 aromatic rings. The molecule has 0 spiro atoms. The Bertz CT molecular complexity index is 435. The number of hydrogen-bond acceptors (Lipinski definition) is 3. The first-order chi connectivity index (χ1) is 9.00. The van der Waals surface area contributed by atoms with Crippen LogP contribution in [-0.4, -0.2) is 13.7 Å². The summed E-state index contributed by atoms with van der Waals surface area (Å²) in [7, 11) is 1.70. The highest BCUT2D eigenvalue weighted by Crippen LogP contribution is 2.26. The van der Waals surface area contributed by atoms with Crippen molar-refractivity contribution in [3.05, 3.63) is 29.8 Å². The zero-order chi connectivity index (χ0) is 14.3. The first kappa shape index (κ1) is 15.5. The Hall–Kier alpha value is -1.53. The van der Waals surface area contributed by atoms with E-state index in [-0.39, 0.29) is 11.5 Å². The molecule has 1 N–H and O–H groups in total. The molecule has 0 heterocycles. The summed E-state index contributed by atoms with van der Waals surface area (Å²) in [6.07, 6.45) is 1.52. The Morgan fingerprint density at radius 1 is 1.37 bits per heavy atom. The van der Waals surface area contributed by atoms with E-state index in [1.54, 1.807) is 7.11 Å². The van der Waals surface area contributed by atoms with Crippen molar-refractivity contribution in [2.75, 3.05) is 13.7 Å². The highest BCUT2D eigenvalue weighted by Gasteiger charge is 2.19. The maximum atomic E-state index is 8.67. The average Bonchev–Trinajstić information content (AvgIpc) is 2.42. The molecule has 0 aliphatic rings. The SMILES string of the molecule is COc1ccccc1[C@@H](C)NCC(C)(C)CCC#N. The number of nitrogens with zero attached hydrogens (tertiary/aromatic N) is 1. The second-order valence-electron chi connectivity index (χ2n) is 5.67. The number of nitrogens with one attached hydrogen (secondary N) is 1. The van der Waals surface area contributed by atoms with Gasteiger partial charge in [-0.3, -0.25) is 0 Å². The number of ether oxygens (including phenoxy) is 1. The van der Waals surface area contributed by atoms with Gasteiger partial charge in [-0.25, -0.2) is 0 Å². The number of benzene rings is 1. The van der Waals surface area contributed by atoms with Gasteiger partial charge in [0.05, 0.1) is 13.2 Å². The van der Waals surface area contributed by atoms with Crippen molar-refractivity contribution in [3.63, 3.8) is 0 Å². The molecule has 0 saturated heterocycles. The molecule has 3 nitrogen and oxygen atoms in total. The molecule has 0 saturated carbocycles. The van der Waals surface area contributed by atoms with Crippen LogP contribution in [0.4, 0.5) is 0 Å². The summed E-state index contributed by atoms with van der Waals surface area (Å²) in [6.45, 7) is 7.39. The number of hydrogen-bond donors (Lipinski definition) is 1. The van der Waals surface area contributed by atoms with Crippen LogP contribution in [-0.2, 0) is 0 Å². The van der Waals surface area contributed by atoms with Gasteiger partial charge in [-0.2, -0.15) is 5.26 Å². The average molecular weight is 260 g/mol. The zero-order valence-corrected chi connectivity index (χ0v) is 12.4. The standard InChI is InChI=1S/C16H24N2O/c1-13(14-8-5-6-9-15(14)19-4)18-12-16(2,3)10-7-11-17/h5-6,8-9,13,18H,7,10,12H2,1-4H3/t13-/m1/s1. The summed E-state index contributed by atoms with van der Waals surface area (Å²) >= 11 is 0. The number of nitriles is 1. The molecule has 0 bridgehead atoms. The molecule has 1 atom stereocenters. The van der Waals surface area contributed by atoms with Crippen molar-refractivity contribution in [2.24, 2.45) is 5.41 Å². The van der Waals surface area contributed by atoms with Crippen LogP contribution in [0.15, 0.2) is 24.3 Å². The van der Waals surface area contributed by atoms with Gasteiger partial charge in [0.15, 0.2) is 0 Å². The fourth-order valence-electron chi connectivity index (χ4n) is 2.05. The van der Waals surface area contributed by atoms with Crippen molar-refractivity contribution >= 4 is 0 Å². The first-order valence-electron chi connectivity index (χ1n) is 6.73. The van der Waals surface area contributed by atoms with Gasteiger partial charge in [0.25, 0.3) is 0 Å². The third kappa shape index (κ3) is 4.92. The Labute approximate surface area is 116 Å². The third-order valence-corrected chi connectivity index (χ3v) is 3.41. The summed E-state index contributed by atoms with van der Waals surface area (Å²) < 4.78 is 5.38. The molecule has 0 aliphatic heterocycles. The quantitative estimate of drug-likeness (QED) is 0.813. The van der Waals surface area contributed by atoms with Crippen molar-refractivity contribution in [3.8, 4) is 11.8 Å². The van der Waals surface area contributed by atoms with E-state index < -0.39 is 0 Å². The molecule has 1 rings (SSSR count). The van der Waals surface area contributed by atoms with E-state index >= 15 is 0 Å². The van der Waals surface area contributed by atoms with Gasteiger partial charge in [-0.15, -0.1) is 0 Å². The van der Waals surface area contributed by atoms with Crippen LogP contribution >= 0.6 is 0 Å². The van der Waals surface area contributed by atoms with E-state index in [0.29, 0.717) is 6.42 Å². The van der Waals surface area contributed by atoms with Crippen LogP contribution in [0.3, 0.4) is 0 Å². The monoisotopic (exact) mass is 260 g/mol. The van der Waals surface area contributed by atoms with Gasteiger partial charge in [0, 0.05) is 24.6 Å². The summed E-state index contributed by atoms with van der Waals surface area (Å²) in [6, 6.07) is 10.5.